The van der Waals surface area contributed by atoms with Crippen molar-refractivity contribution < 1.29 is 8.42 Å². The monoisotopic (exact) mass is 348 g/mol. The molecule has 0 bridgehead atoms. The van der Waals surface area contributed by atoms with E-state index < -0.39 is 10.0 Å². The normalized spacial score (nSPS) is 22.6. The Kier molecular flexibility index (Phi) is 5.96. The van der Waals surface area contributed by atoms with Gasteiger partial charge in [-0.2, -0.15) is 11.8 Å². The van der Waals surface area contributed by atoms with Crippen molar-refractivity contribution in [2.75, 3.05) is 5.75 Å². The third-order valence-electron chi connectivity index (χ3n) is 3.66. The molecule has 2 unspecified atom stereocenters. The van der Waals surface area contributed by atoms with E-state index in [0.717, 1.165) is 30.6 Å². The fourth-order valence-corrected chi connectivity index (χ4v) is 5.36. The average molecular weight is 349 g/mol. The minimum absolute atomic E-state index is 0.0204. The molecule has 0 heterocycles. The second-order valence-corrected chi connectivity index (χ2v) is 8.86. The number of rotatable bonds is 6. The molecule has 0 saturated heterocycles. The second-order valence-electron chi connectivity index (χ2n) is 5.17. The SMILES string of the molecule is CCSC1CCC(NS(=O)(=O)c2ccc(CN)c(Cl)c2)C1. The third-order valence-corrected chi connectivity index (χ3v) is 6.77. The van der Waals surface area contributed by atoms with Crippen molar-refractivity contribution in [1.29, 1.82) is 0 Å². The number of nitrogens with one attached hydrogen (secondary N) is 1. The molecule has 3 N–H and O–H groups in total. The zero-order chi connectivity index (χ0) is 15.5. The highest BCUT2D eigenvalue weighted by Gasteiger charge is 2.28. The zero-order valence-electron chi connectivity index (χ0n) is 12.0. The van der Waals surface area contributed by atoms with E-state index in [1.165, 1.54) is 6.07 Å². The number of hydrogen-bond acceptors (Lipinski definition) is 4. The summed E-state index contributed by atoms with van der Waals surface area (Å²) in [5.74, 6) is 1.07. The predicted molar refractivity (Wildman–Crippen MR) is 89.2 cm³/mol. The van der Waals surface area contributed by atoms with E-state index in [0.29, 0.717) is 16.8 Å². The van der Waals surface area contributed by atoms with Crippen LogP contribution in [0.25, 0.3) is 0 Å². The van der Waals surface area contributed by atoms with Crippen LogP contribution < -0.4 is 10.5 Å². The Bertz CT molecular complexity index is 593. The maximum Gasteiger partial charge on any atom is 0.240 e. The third kappa shape index (κ3) is 4.36. The molecule has 0 aliphatic heterocycles. The number of sulfonamides is 1. The first-order valence-corrected chi connectivity index (χ1v) is 9.99. The van der Waals surface area contributed by atoms with E-state index in [-0.39, 0.29) is 10.9 Å². The Morgan fingerprint density at radius 3 is 2.81 bits per heavy atom. The van der Waals surface area contributed by atoms with Crippen molar-refractivity contribution in [2.24, 2.45) is 5.73 Å². The molecule has 1 aromatic carbocycles. The molecule has 1 saturated carbocycles. The lowest BCUT2D eigenvalue weighted by molar-refractivity contribution is 0.552. The van der Waals surface area contributed by atoms with Gasteiger partial charge in [0.05, 0.1) is 4.90 Å². The number of benzene rings is 1. The van der Waals surface area contributed by atoms with E-state index in [9.17, 15) is 8.42 Å². The van der Waals surface area contributed by atoms with E-state index in [2.05, 4.69) is 11.6 Å². The van der Waals surface area contributed by atoms with Gasteiger partial charge in [0.25, 0.3) is 0 Å². The van der Waals surface area contributed by atoms with Crippen molar-refractivity contribution in [3.63, 3.8) is 0 Å². The summed E-state index contributed by atoms with van der Waals surface area (Å²) in [6.07, 6.45) is 2.86. The minimum atomic E-state index is -3.51. The molecule has 1 aliphatic rings. The molecule has 0 spiro atoms. The van der Waals surface area contributed by atoms with Gasteiger partial charge in [-0.1, -0.05) is 24.6 Å². The largest absolute Gasteiger partial charge is 0.326 e. The van der Waals surface area contributed by atoms with Crippen molar-refractivity contribution >= 4 is 33.4 Å². The molecule has 1 fully saturated rings. The molecule has 7 heteroatoms. The Balaban J connectivity index is 2.07. The van der Waals surface area contributed by atoms with Gasteiger partial charge < -0.3 is 5.73 Å². The molecule has 21 heavy (non-hydrogen) atoms. The first-order valence-electron chi connectivity index (χ1n) is 7.08. The van der Waals surface area contributed by atoms with E-state index in [1.807, 2.05) is 11.8 Å². The molecular weight excluding hydrogens is 328 g/mol. The smallest absolute Gasteiger partial charge is 0.240 e. The summed E-state index contributed by atoms with van der Waals surface area (Å²) >= 11 is 7.94. The molecule has 2 rings (SSSR count). The maximum absolute atomic E-state index is 12.4. The van der Waals surface area contributed by atoms with Gasteiger partial charge in [-0.15, -0.1) is 0 Å². The van der Waals surface area contributed by atoms with Crippen LogP contribution in [-0.4, -0.2) is 25.5 Å². The minimum Gasteiger partial charge on any atom is -0.326 e. The van der Waals surface area contributed by atoms with E-state index >= 15 is 0 Å². The lowest BCUT2D eigenvalue weighted by atomic mass is 10.2. The topological polar surface area (TPSA) is 72.2 Å². The van der Waals surface area contributed by atoms with Crippen LogP contribution in [0.1, 0.15) is 31.7 Å². The fourth-order valence-electron chi connectivity index (χ4n) is 2.58. The van der Waals surface area contributed by atoms with Crippen LogP contribution in [0.4, 0.5) is 0 Å². The van der Waals surface area contributed by atoms with Crippen LogP contribution in [0.15, 0.2) is 23.1 Å². The fraction of sp³-hybridized carbons (Fsp3) is 0.571. The lowest BCUT2D eigenvalue weighted by Crippen LogP contribution is -2.33. The number of halogens is 1. The van der Waals surface area contributed by atoms with Crippen molar-refractivity contribution in [3.05, 3.63) is 28.8 Å². The standard InChI is InChI=1S/C14H21ClN2O2S2/c1-2-20-12-5-4-11(7-12)17-21(18,19)13-6-3-10(9-16)14(15)8-13/h3,6,8,11-12,17H,2,4-5,7,9,16H2,1H3. The second kappa shape index (κ2) is 7.33. The number of nitrogens with two attached hydrogens (primary N) is 1. The van der Waals surface area contributed by atoms with E-state index in [1.54, 1.807) is 12.1 Å². The molecular formula is C14H21ClN2O2S2. The Labute approximate surface area is 135 Å². The van der Waals surface area contributed by atoms with Crippen LogP contribution in [-0.2, 0) is 16.6 Å². The van der Waals surface area contributed by atoms with Crippen LogP contribution >= 0.6 is 23.4 Å². The van der Waals surface area contributed by atoms with Crippen LogP contribution in [0.2, 0.25) is 5.02 Å². The highest BCUT2D eigenvalue weighted by molar-refractivity contribution is 7.99. The Morgan fingerprint density at radius 2 is 2.19 bits per heavy atom. The highest BCUT2D eigenvalue weighted by atomic mass is 35.5. The molecule has 118 valence electrons. The van der Waals surface area contributed by atoms with Gasteiger partial charge in [0.15, 0.2) is 0 Å². The van der Waals surface area contributed by atoms with Crippen molar-refractivity contribution in [2.45, 2.75) is 48.9 Å². The summed E-state index contributed by atoms with van der Waals surface area (Å²) in [5.41, 5.74) is 6.28. The van der Waals surface area contributed by atoms with Gasteiger partial charge in [0.2, 0.25) is 10.0 Å². The van der Waals surface area contributed by atoms with Gasteiger partial charge in [-0.25, -0.2) is 13.1 Å². The van der Waals surface area contributed by atoms with Crippen LogP contribution in [0.3, 0.4) is 0 Å². The van der Waals surface area contributed by atoms with Gasteiger partial charge >= 0.3 is 0 Å². The summed E-state index contributed by atoms with van der Waals surface area (Å²) < 4.78 is 27.6. The molecule has 1 aromatic rings. The quantitative estimate of drug-likeness (QED) is 0.829. The Morgan fingerprint density at radius 1 is 1.43 bits per heavy atom. The predicted octanol–water partition coefficient (Wildman–Crippen LogP) is 2.75. The average Bonchev–Trinajstić information content (AvgIpc) is 2.85. The van der Waals surface area contributed by atoms with Crippen LogP contribution in [0, 0.1) is 0 Å². The molecule has 0 radical (unpaired) electrons. The summed E-state index contributed by atoms with van der Waals surface area (Å²) in [5, 5.41) is 0.956. The number of thioether (sulfide) groups is 1. The van der Waals surface area contributed by atoms with Crippen LogP contribution in [0.5, 0.6) is 0 Å². The molecule has 2 atom stereocenters. The van der Waals surface area contributed by atoms with E-state index in [4.69, 9.17) is 17.3 Å². The molecule has 1 aliphatic carbocycles. The van der Waals surface area contributed by atoms with Gasteiger partial charge in [0.1, 0.15) is 0 Å². The van der Waals surface area contributed by atoms with Gasteiger partial charge in [-0.05, 0) is 42.7 Å². The highest BCUT2D eigenvalue weighted by Crippen LogP contribution is 2.30. The van der Waals surface area contributed by atoms with Gasteiger partial charge in [-0.3, -0.25) is 0 Å². The van der Waals surface area contributed by atoms with Crippen molar-refractivity contribution in [1.82, 2.24) is 4.72 Å². The van der Waals surface area contributed by atoms with Crippen molar-refractivity contribution in [3.8, 4) is 0 Å². The maximum atomic E-state index is 12.4. The summed E-state index contributed by atoms with van der Waals surface area (Å²) in [4.78, 5) is 0.205. The molecule has 0 aromatic heterocycles. The Hall–Kier alpha value is -0.270. The molecule has 4 nitrogen and oxygen atoms in total. The summed E-state index contributed by atoms with van der Waals surface area (Å²) in [6, 6.07) is 4.72. The zero-order valence-corrected chi connectivity index (χ0v) is 14.4. The molecule has 0 amide bonds. The van der Waals surface area contributed by atoms with Gasteiger partial charge in [0, 0.05) is 22.9 Å². The number of hydrogen-bond donors (Lipinski definition) is 2. The first-order chi connectivity index (χ1) is 9.96. The summed E-state index contributed by atoms with van der Waals surface area (Å²) in [7, 11) is -3.51. The lowest BCUT2D eigenvalue weighted by Gasteiger charge is -2.14. The first kappa shape index (κ1) is 17.1. The summed E-state index contributed by atoms with van der Waals surface area (Å²) in [6.45, 7) is 2.42.